The number of fused-ring (bicyclic) bond motifs is 2. The van der Waals surface area contributed by atoms with Gasteiger partial charge in [0.2, 0.25) is 0 Å². The zero-order valence-electron chi connectivity index (χ0n) is 11.1. The van der Waals surface area contributed by atoms with E-state index in [0.717, 1.165) is 30.7 Å². The number of carbonyl (C=O) groups is 1. The molecule has 2 nitrogen and oxygen atoms in total. The SMILES string of the molecule is O=C(c1ccccc1)c1cc2cc3ccccc3nc2[se]1. The van der Waals surface area contributed by atoms with Crippen LogP contribution >= 0.6 is 0 Å². The summed E-state index contributed by atoms with van der Waals surface area (Å²) in [6, 6.07) is 21.7. The Labute approximate surface area is 127 Å². The summed E-state index contributed by atoms with van der Waals surface area (Å²) in [5, 5.41) is 2.21. The molecule has 0 N–H and O–H groups in total. The third-order valence-corrected chi connectivity index (χ3v) is 5.66. The first kappa shape index (κ1) is 12.5. The van der Waals surface area contributed by atoms with E-state index in [1.807, 2.05) is 54.6 Å². The molecule has 0 aliphatic rings. The molecule has 0 spiro atoms. The molecule has 2 heterocycles. The van der Waals surface area contributed by atoms with Crippen LogP contribution in [0.15, 0.2) is 66.7 Å². The first-order valence-electron chi connectivity index (χ1n) is 6.70. The summed E-state index contributed by atoms with van der Waals surface area (Å²) < 4.78 is 1.94. The van der Waals surface area contributed by atoms with Crippen LogP contribution in [-0.2, 0) is 0 Å². The molecule has 100 valence electrons. The zero-order chi connectivity index (χ0) is 14.2. The normalized spacial score (nSPS) is 11.0. The number of rotatable bonds is 2. The zero-order valence-corrected chi connectivity index (χ0v) is 12.8. The molecule has 4 aromatic rings. The Morgan fingerprint density at radius 3 is 2.48 bits per heavy atom. The molecule has 4 rings (SSSR count). The van der Waals surface area contributed by atoms with Gasteiger partial charge in [0.05, 0.1) is 0 Å². The molecule has 0 atom stereocenters. The van der Waals surface area contributed by atoms with E-state index in [2.05, 4.69) is 12.1 Å². The van der Waals surface area contributed by atoms with Crippen molar-refractivity contribution in [2.45, 2.75) is 0 Å². The summed E-state index contributed by atoms with van der Waals surface area (Å²) in [6.45, 7) is 0. The predicted octanol–water partition coefficient (Wildman–Crippen LogP) is 3.68. The number of para-hydroxylation sites is 1. The van der Waals surface area contributed by atoms with E-state index in [4.69, 9.17) is 4.98 Å². The average molecular weight is 336 g/mol. The van der Waals surface area contributed by atoms with Crippen LogP contribution in [0.2, 0.25) is 0 Å². The summed E-state index contributed by atoms with van der Waals surface area (Å²) in [7, 11) is 0. The van der Waals surface area contributed by atoms with Gasteiger partial charge in [0.1, 0.15) is 0 Å². The Bertz CT molecular complexity index is 904. The molecule has 0 aliphatic carbocycles. The summed E-state index contributed by atoms with van der Waals surface area (Å²) >= 11 is -0.00765. The second kappa shape index (κ2) is 4.96. The van der Waals surface area contributed by atoms with Crippen molar-refractivity contribution in [3.63, 3.8) is 0 Å². The molecular formula is C18H11NOSe. The standard InChI is InChI=1S/C18H11NOSe/c20-17(12-6-2-1-3-7-12)16-11-14-10-13-8-4-5-9-15(13)19-18(14)21-16/h1-11H. The van der Waals surface area contributed by atoms with Crippen LogP contribution in [0.3, 0.4) is 0 Å². The number of aromatic nitrogens is 1. The summed E-state index contributed by atoms with van der Waals surface area (Å²) in [4.78, 5) is 17.2. The van der Waals surface area contributed by atoms with Crippen molar-refractivity contribution >= 4 is 41.0 Å². The van der Waals surface area contributed by atoms with Crippen molar-refractivity contribution in [2.24, 2.45) is 0 Å². The first-order chi connectivity index (χ1) is 10.3. The van der Waals surface area contributed by atoms with Crippen molar-refractivity contribution in [2.75, 3.05) is 0 Å². The van der Waals surface area contributed by atoms with Crippen molar-refractivity contribution in [3.8, 4) is 0 Å². The molecule has 21 heavy (non-hydrogen) atoms. The monoisotopic (exact) mass is 337 g/mol. The summed E-state index contributed by atoms with van der Waals surface area (Å²) in [5.41, 5.74) is 1.75. The molecule has 0 unspecified atom stereocenters. The van der Waals surface area contributed by atoms with Gasteiger partial charge >= 0.3 is 127 Å². The number of ketones is 1. The quantitative estimate of drug-likeness (QED) is 0.413. The van der Waals surface area contributed by atoms with Gasteiger partial charge in [0.15, 0.2) is 0 Å². The van der Waals surface area contributed by atoms with E-state index >= 15 is 0 Å². The van der Waals surface area contributed by atoms with Gasteiger partial charge in [-0.05, 0) is 0 Å². The van der Waals surface area contributed by atoms with Gasteiger partial charge in [0.25, 0.3) is 0 Å². The molecule has 0 saturated heterocycles. The number of pyridine rings is 1. The Morgan fingerprint density at radius 1 is 0.857 bits per heavy atom. The summed E-state index contributed by atoms with van der Waals surface area (Å²) in [6.07, 6.45) is 0. The van der Waals surface area contributed by atoms with E-state index in [9.17, 15) is 4.79 Å². The van der Waals surface area contributed by atoms with Gasteiger partial charge in [0, 0.05) is 0 Å². The Morgan fingerprint density at radius 2 is 1.62 bits per heavy atom. The molecule has 0 bridgehead atoms. The molecule has 0 saturated carbocycles. The molecule has 3 heteroatoms. The van der Waals surface area contributed by atoms with Gasteiger partial charge in [-0.3, -0.25) is 0 Å². The van der Waals surface area contributed by atoms with E-state index in [-0.39, 0.29) is 20.3 Å². The second-order valence-electron chi connectivity index (χ2n) is 4.88. The fourth-order valence-electron chi connectivity index (χ4n) is 2.42. The van der Waals surface area contributed by atoms with E-state index < -0.39 is 0 Å². The minimum absolute atomic E-state index is 0.00765. The van der Waals surface area contributed by atoms with Crippen LogP contribution in [-0.4, -0.2) is 25.3 Å². The average Bonchev–Trinajstić information content (AvgIpc) is 2.95. The topological polar surface area (TPSA) is 30.0 Å². The molecular weight excluding hydrogens is 325 g/mol. The van der Waals surface area contributed by atoms with Crippen molar-refractivity contribution in [3.05, 3.63) is 76.7 Å². The maximum absolute atomic E-state index is 12.5. The molecule has 2 aromatic heterocycles. The minimum atomic E-state index is -0.00765. The molecule has 0 radical (unpaired) electrons. The van der Waals surface area contributed by atoms with Crippen LogP contribution in [0.4, 0.5) is 0 Å². The summed E-state index contributed by atoms with van der Waals surface area (Å²) in [5.74, 6) is 0.123. The number of hydrogen-bond acceptors (Lipinski definition) is 2. The first-order valence-corrected chi connectivity index (χ1v) is 8.42. The van der Waals surface area contributed by atoms with Gasteiger partial charge in [-0.2, -0.15) is 0 Å². The Balaban J connectivity index is 1.87. The van der Waals surface area contributed by atoms with E-state index in [0.29, 0.717) is 0 Å². The number of hydrogen-bond donors (Lipinski definition) is 0. The van der Waals surface area contributed by atoms with Crippen LogP contribution < -0.4 is 0 Å². The second-order valence-corrected chi connectivity index (χ2v) is 7.04. The Kier molecular flexibility index (Phi) is 2.95. The number of nitrogens with zero attached hydrogens (tertiary/aromatic N) is 1. The van der Waals surface area contributed by atoms with Crippen molar-refractivity contribution in [1.82, 2.24) is 4.98 Å². The molecule has 2 aromatic carbocycles. The fourth-order valence-corrected chi connectivity index (χ4v) is 4.48. The number of carbonyl (C=O) groups excluding carboxylic acids is 1. The molecule has 0 fully saturated rings. The third-order valence-electron chi connectivity index (χ3n) is 3.47. The van der Waals surface area contributed by atoms with Crippen LogP contribution in [0.25, 0.3) is 20.7 Å². The van der Waals surface area contributed by atoms with Crippen LogP contribution in [0.5, 0.6) is 0 Å². The van der Waals surface area contributed by atoms with Crippen molar-refractivity contribution < 1.29 is 4.79 Å². The Hall–Kier alpha value is -2.22. The van der Waals surface area contributed by atoms with Crippen LogP contribution in [0, 0.1) is 0 Å². The maximum atomic E-state index is 12.5. The van der Waals surface area contributed by atoms with E-state index in [1.54, 1.807) is 0 Å². The van der Waals surface area contributed by atoms with Gasteiger partial charge in [-0.25, -0.2) is 0 Å². The van der Waals surface area contributed by atoms with Crippen molar-refractivity contribution in [1.29, 1.82) is 0 Å². The third kappa shape index (κ3) is 2.21. The van der Waals surface area contributed by atoms with Gasteiger partial charge in [-0.15, -0.1) is 0 Å². The van der Waals surface area contributed by atoms with Gasteiger partial charge in [-0.1, -0.05) is 0 Å². The van der Waals surface area contributed by atoms with Crippen LogP contribution in [0.1, 0.15) is 14.8 Å². The number of benzene rings is 2. The predicted molar refractivity (Wildman–Crippen MR) is 86.1 cm³/mol. The fraction of sp³-hybridized carbons (Fsp3) is 0. The van der Waals surface area contributed by atoms with E-state index in [1.165, 1.54) is 0 Å². The van der Waals surface area contributed by atoms with Gasteiger partial charge < -0.3 is 0 Å². The molecule has 0 aliphatic heterocycles. The molecule has 0 amide bonds.